The highest BCUT2D eigenvalue weighted by Crippen LogP contribution is 2.37. The molecule has 4 heteroatoms. The van der Waals surface area contributed by atoms with Gasteiger partial charge in [0.25, 0.3) is 0 Å². The predicted molar refractivity (Wildman–Crippen MR) is 89.0 cm³/mol. The third kappa shape index (κ3) is 2.61. The summed E-state index contributed by atoms with van der Waals surface area (Å²) < 4.78 is 0. The molecule has 2 aromatic carbocycles. The molecule has 0 bridgehead atoms. The van der Waals surface area contributed by atoms with E-state index in [0.29, 0.717) is 19.4 Å². The van der Waals surface area contributed by atoms with Crippen molar-refractivity contribution in [2.75, 3.05) is 11.9 Å². The minimum absolute atomic E-state index is 0.0135. The van der Waals surface area contributed by atoms with Gasteiger partial charge in [-0.1, -0.05) is 30.3 Å². The summed E-state index contributed by atoms with van der Waals surface area (Å²) in [5.74, 6) is -0.122. The molecule has 4 rings (SSSR count). The average molecular weight is 306 g/mol. The first-order valence-corrected chi connectivity index (χ1v) is 7.99. The first-order valence-electron chi connectivity index (χ1n) is 7.99. The number of rotatable bonds is 2. The molecule has 1 aliphatic heterocycles. The van der Waals surface area contributed by atoms with E-state index in [4.69, 9.17) is 0 Å². The predicted octanol–water partition coefficient (Wildman–Crippen LogP) is 2.72. The number of carbonyl (C=O) groups is 2. The van der Waals surface area contributed by atoms with Gasteiger partial charge in [-0.3, -0.25) is 9.59 Å². The van der Waals surface area contributed by atoms with Gasteiger partial charge in [0.15, 0.2) is 0 Å². The van der Waals surface area contributed by atoms with E-state index >= 15 is 0 Å². The zero-order chi connectivity index (χ0) is 15.8. The lowest BCUT2D eigenvalue weighted by molar-refractivity contribution is -0.126. The van der Waals surface area contributed by atoms with E-state index in [2.05, 4.69) is 47.0 Å². The fourth-order valence-electron chi connectivity index (χ4n) is 3.42. The van der Waals surface area contributed by atoms with Gasteiger partial charge >= 0.3 is 0 Å². The lowest BCUT2D eigenvalue weighted by Gasteiger charge is -2.21. The Morgan fingerprint density at radius 3 is 2.74 bits per heavy atom. The third-order valence-corrected chi connectivity index (χ3v) is 4.70. The average Bonchev–Trinajstić information content (AvgIpc) is 2.93. The van der Waals surface area contributed by atoms with Crippen LogP contribution >= 0.6 is 0 Å². The largest absolute Gasteiger partial charge is 0.355 e. The fraction of sp³-hybridized carbons (Fsp3) is 0.263. The third-order valence-electron chi connectivity index (χ3n) is 4.70. The second-order valence-electron chi connectivity index (χ2n) is 6.23. The van der Waals surface area contributed by atoms with E-state index in [1.54, 1.807) is 0 Å². The maximum atomic E-state index is 12.3. The van der Waals surface area contributed by atoms with Crippen molar-refractivity contribution >= 4 is 17.5 Å². The first-order chi connectivity index (χ1) is 11.2. The van der Waals surface area contributed by atoms with Gasteiger partial charge in [0, 0.05) is 18.7 Å². The summed E-state index contributed by atoms with van der Waals surface area (Å²) in [4.78, 5) is 23.5. The number of amides is 2. The minimum Gasteiger partial charge on any atom is -0.355 e. The Morgan fingerprint density at radius 2 is 1.91 bits per heavy atom. The standard InChI is InChI=1S/C19H18N2O2/c22-18-8-5-13(11-20-18)19(23)21-15-6-7-17-14(10-15)9-12-3-1-2-4-16(12)17/h1-4,6-7,10,13H,5,8-9,11H2,(H,20,22)(H,21,23)/t13-/m1/s1. The number of anilines is 1. The molecular weight excluding hydrogens is 288 g/mol. The van der Waals surface area contributed by atoms with E-state index in [0.717, 1.165) is 12.1 Å². The van der Waals surface area contributed by atoms with Crippen molar-refractivity contribution in [2.24, 2.45) is 5.92 Å². The highest BCUT2D eigenvalue weighted by molar-refractivity contribution is 5.94. The maximum Gasteiger partial charge on any atom is 0.229 e. The van der Waals surface area contributed by atoms with E-state index in [1.165, 1.54) is 22.3 Å². The molecule has 23 heavy (non-hydrogen) atoms. The van der Waals surface area contributed by atoms with Crippen molar-refractivity contribution in [3.63, 3.8) is 0 Å². The maximum absolute atomic E-state index is 12.3. The van der Waals surface area contributed by atoms with Crippen LogP contribution in [-0.4, -0.2) is 18.4 Å². The van der Waals surface area contributed by atoms with Gasteiger partial charge in [0.2, 0.25) is 11.8 Å². The van der Waals surface area contributed by atoms with Gasteiger partial charge in [-0.25, -0.2) is 0 Å². The monoisotopic (exact) mass is 306 g/mol. The van der Waals surface area contributed by atoms with Crippen LogP contribution in [0.2, 0.25) is 0 Å². The number of nitrogens with one attached hydrogen (secondary N) is 2. The Balaban J connectivity index is 1.50. The molecule has 0 spiro atoms. The van der Waals surface area contributed by atoms with Crippen LogP contribution < -0.4 is 10.6 Å². The summed E-state index contributed by atoms with van der Waals surface area (Å²) in [6.45, 7) is 0.432. The molecule has 0 aromatic heterocycles. The van der Waals surface area contributed by atoms with Crippen LogP contribution in [0.4, 0.5) is 5.69 Å². The second kappa shape index (κ2) is 5.54. The molecule has 1 atom stereocenters. The molecule has 2 amide bonds. The highest BCUT2D eigenvalue weighted by Gasteiger charge is 2.25. The Kier molecular flexibility index (Phi) is 3.37. The molecule has 2 aromatic rings. The molecule has 116 valence electrons. The van der Waals surface area contributed by atoms with Crippen LogP contribution in [-0.2, 0) is 16.0 Å². The first kappa shape index (κ1) is 14.0. The van der Waals surface area contributed by atoms with Crippen molar-refractivity contribution in [3.05, 3.63) is 53.6 Å². The fourth-order valence-corrected chi connectivity index (χ4v) is 3.42. The van der Waals surface area contributed by atoms with E-state index in [-0.39, 0.29) is 17.7 Å². The smallest absolute Gasteiger partial charge is 0.229 e. The number of benzene rings is 2. The summed E-state index contributed by atoms with van der Waals surface area (Å²) in [5, 5.41) is 5.75. The zero-order valence-corrected chi connectivity index (χ0v) is 12.8. The number of carbonyl (C=O) groups excluding carboxylic acids is 2. The Morgan fingerprint density at radius 1 is 1.09 bits per heavy atom. The molecule has 1 aliphatic carbocycles. The molecule has 2 N–H and O–H groups in total. The molecular formula is C19H18N2O2. The van der Waals surface area contributed by atoms with Gasteiger partial charge in [0.1, 0.15) is 0 Å². The highest BCUT2D eigenvalue weighted by atomic mass is 16.2. The Labute approximate surface area is 134 Å². The van der Waals surface area contributed by atoms with Crippen LogP contribution in [0.1, 0.15) is 24.0 Å². The van der Waals surface area contributed by atoms with Crippen LogP contribution in [0.15, 0.2) is 42.5 Å². The zero-order valence-electron chi connectivity index (χ0n) is 12.8. The number of hydrogen-bond acceptors (Lipinski definition) is 2. The van der Waals surface area contributed by atoms with Crippen LogP contribution in [0.3, 0.4) is 0 Å². The van der Waals surface area contributed by atoms with Crippen molar-refractivity contribution in [2.45, 2.75) is 19.3 Å². The summed E-state index contributed by atoms with van der Waals surface area (Å²) in [7, 11) is 0. The topological polar surface area (TPSA) is 58.2 Å². The van der Waals surface area contributed by atoms with E-state index in [9.17, 15) is 9.59 Å². The van der Waals surface area contributed by atoms with Gasteiger partial charge in [-0.2, -0.15) is 0 Å². The van der Waals surface area contributed by atoms with E-state index < -0.39 is 0 Å². The van der Waals surface area contributed by atoms with Crippen LogP contribution in [0.5, 0.6) is 0 Å². The quantitative estimate of drug-likeness (QED) is 0.765. The van der Waals surface area contributed by atoms with Gasteiger partial charge in [0.05, 0.1) is 5.92 Å². The Hall–Kier alpha value is -2.62. The Bertz CT molecular complexity index is 788. The molecule has 1 saturated heterocycles. The molecule has 0 saturated carbocycles. The van der Waals surface area contributed by atoms with Crippen molar-refractivity contribution < 1.29 is 9.59 Å². The van der Waals surface area contributed by atoms with Crippen molar-refractivity contribution in [1.29, 1.82) is 0 Å². The lowest BCUT2D eigenvalue weighted by Crippen LogP contribution is -2.40. The van der Waals surface area contributed by atoms with Gasteiger partial charge in [-0.05, 0) is 47.2 Å². The van der Waals surface area contributed by atoms with Crippen molar-refractivity contribution in [3.8, 4) is 11.1 Å². The second-order valence-corrected chi connectivity index (χ2v) is 6.23. The molecule has 4 nitrogen and oxygen atoms in total. The minimum atomic E-state index is -0.141. The van der Waals surface area contributed by atoms with E-state index in [1.807, 2.05) is 6.07 Å². The summed E-state index contributed by atoms with van der Waals surface area (Å²) in [6, 6.07) is 14.5. The summed E-state index contributed by atoms with van der Waals surface area (Å²) in [5.41, 5.74) is 5.96. The molecule has 0 radical (unpaired) electrons. The molecule has 0 unspecified atom stereocenters. The molecule has 1 heterocycles. The lowest BCUT2D eigenvalue weighted by atomic mass is 9.98. The van der Waals surface area contributed by atoms with Gasteiger partial charge < -0.3 is 10.6 Å². The van der Waals surface area contributed by atoms with Crippen LogP contribution in [0, 0.1) is 5.92 Å². The molecule has 2 aliphatic rings. The van der Waals surface area contributed by atoms with Gasteiger partial charge in [-0.15, -0.1) is 0 Å². The summed E-state index contributed by atoms with van der Waals surface area (Å²) in [6.07, 6.45) is 1.96. The summed E-state index contributed by atoms with van der Waals surface area (Å²) >= 11 is 0. The molecule has 1 fully saturated rings. The SMILES string of the molecule is O=C1CC[C@@H](C(=O)Nc2ccc3c(c2)Cc2ccccc2-3)CN1. The number of hydrogen-bond donors (Lipinski definition) is 2. The number of fused-ring (bicyclic) bond motifs is 3. The normalized spacial score (nSPS) is 18.8. The van der Waals surface area contributed by atoms with Crippen LogP contribution in [0.25, 0.3) is 11.1 Å². The van der Waals surface area contributed by atoms with Crippen molar-refractivity contribution in [1.82, 2.24) is 5.32 Å². The number of piperidine rings is 1.